The van der Waals surface area contributed by atoms with E-state index in [1.165, 1.54) is 49.3 Å². The highest BCUT2D eigenvalue weighted by Crippen LogP contribution is 2.31. The van der Waals surface area contributed by atoms with Gasteiger partial charge in [0.05, 0.1) is 12.2 Å². The van der Waals surface area contributed by atoms with E-state index >= 15 is 0 Å². The number of nitrogens with zero attached hydrogens (tertiary/aromatic N) is 2. The molecular formula is C22H30N2OS. The highest BCUT2D eigenvalue weighted by atomic mass is 32.1. The Morgan fingerprint density at radius 3 is 2.73 bits per heavy atom. The van der Waals surface area contributed by atoms with Crippen molar-refractivity contribution in [2.75, 3.05) is 39.3 Å². The second-order valence-electron chi connectivity index (χ2n) is 7.75. The fourth-order valence-corrected chi connectivity index (χ4v) is 5.11. The molecule has 4 heteroatoms. The minimum atomic E-state index is 0.0804. The van der Waals surface area contributed by atoms with Gasteiger partial charge in [-0.25, -0.2) is 0 Å². The third-order valence-electron chi connectivity index (χ3n) is 5.84. The molecule has 3 heterocycles. The van der Waals surface area contributed by atoms with E-state index in [2.05, 4.69) is 57.6 Å². The predicted molar refractivity (Wildman–Crippen MR) is 109 cm³/mol. The fourth-order valence-electron chi connectivity index (χ4n) is 4.36. The van der Waals surface area contributed by atoms with Crippen molar-refractivity contribution in [1.82, 2.24) is 9.80 Å². The molecule has 0 amide bonds. The van der Waals surface area contributed by atoms with Gasteiger partial charge in [0.2, 0.25) is 0 Å². The smallest absolute Gasteiger partial charge is 0.0822 e. The first kappa shape index (κ1) is 18.2. The van der Waals surface area contributed by atoms with Gasteiger partial charge in [-0.1, -0.05) is 36.4 Å². The molecule has 0 unspecified atom stereocenters. The van der Waals surface area contributed by atoms with Gasteiger partial charge in [-0.15, -0.1) is 11.3 Å². The van der Waals surface area contributed by atoms with E-state index in [4.69, 9.17) is 4.74 Å². The monoisotopic (exact) mass is 370 g/mol. The van der Waals surface area contributed by atoms with Crippen LogP contribution < -0.4 is 0 Å². The Labute approximate surface area is 161 Å². The molecule has 2 saturated heterocycles. The van der Waals surface area contributed by atoms with Crippen molar-refractivity contribution < 1.29 is 4.74 Å². The van der Waals surface area contributed by atoms with E-state index < -0.39 is 0 Å². The molecule has 2 fully saturated rings. The van der Waals surface area contributed by atoms with Gasteiger partial charge >= 0.3 is 0 Å². The molecule has 0 bridgehead atoms. The molecule has 0 radical (unpaired) electrons. The predicted octanol–water partition coefficient (Wildman–Crippen LogP) is 4.05. The van der Waals surface area contributed by atoms with Crippen LogP contribution in [0.25, 0.3) is 0 Å². The number of likely N-dealkylation sites (tertiary alicyclic amines) is 1. The lowest BCUT2D eigenvalue weighted by Crippen LogP contribution is -2.51. The van der Waals surface area contributed by atoms with E-state index in [9.17, 15) is 0 Å². The van der Waals surface area contributed by atoms with Crippen molar-refractivity contribution in [3.8, 4) is 0 Å². The zero-order valence-electron chi connectivity index (χ0n) is 15.6. The summed E-state index contributed by atoms with van der Waals surface area (Å²) < 4.78 is 6.38. The molecule has 0 N–H and O–H groups in total. The number of hydrogen-bond donors (Lipinski definition) is 0. The highest BCUT2D eigenvalue weighted by Gasteiger charge is 2.38. The van der Waals surface area contributed by atoms with Crippen LogP contribution >= 0.6 is 11.3 Å². The van der Waals surface area contributed by atoms with E-state index in [1.54, 1.807) is 0 Å². The zero-order valence-corrected chi connectivity index (χ0v) is 16.4. The summed E-state index contributed by atoms with van der Waals surface area (Å²) >= 11 is 1.87. The number of ether oxygens (including phenoxy) is 1. The van der Waals surface area contributed by atoms with Crippen molar-refractivity contribution >= 4 is 11.3 Å². The van der Waals surface area contributed by atoms with Gasteiger partial charge in [-0.2, -0.15) is 0 Å². The van der Waals surface area contributed by atoms with Crippen LogP contribution in [0.3, 0.4) is 0 Å². The third kappa shape index (κ3) is 4.74. The Hall–Kier alpha value is -1.20. The summed E-state index contributed by atoms with van der Waals surface area (Å²) in [4.78, 5) is 6.72. The molecule has 2 aliphatic rings. The number of hydrogen-bond acceptors (Lipinski definition) is 4. The van der Waals surface area contributed by atoms with Gasteiger partial charge in [0, 0.05) is 37.6 Å². The normalized spacial score (nSPS) is 25.4. The number of thiophene rings is 1. The van der Waals surface area contributed by atoms with Gasteiger partial charge < -0.3 is 9.64 Å². The highest BCUT2D eigenvalue weighted by molar-refractivity contribution is 7.09. The van der Waals surface area contributed by atoms with Gasteiger partial charge in [0.1, 0.15) is 0 Å². The molecule has 140 valence electrons. The second-order valence-corrected chi connectivity index (χ2v) is 8.78. The number of rotatable bonds is 5. The summed E-state index contributed by atoms with van der Waals surface area (Å²) in [6, 6.07) is 15.3. The van der Waals surface area contributed by atoms with Gasteiger partial charge in [-0.3, -0.25) is 4.90 Å². The largest absolute Gasteiger partial charge is 0.372 e. The van der Waals surface area contributed by atoms with Crippen LogP contribution in [0.4, 0.5) is 0 Å². The van der Waals surface area contributed by atoms with E-state index in [0.29, 0.717) is 0 Å². The van der Waals surface area contributed by atoms with Crippen LogP contribution in [0.5, 0.6) is 0 Å². The molecular weight excluding hydrogens is 340 g/mol. The Kier molecular flexibility index (Phi) is 6.05. The van der Waals surface area contributed by atoms with E-state index in [0.717, 1.165) is 32.7 Å². The third-order valence-corrected chi connectivity index (χ3v) is 6.70. The molecule has 1 atom stereocenters. The minimum absolute atomic E-state index is 0.0804. The summed E-state index contributed by atoms with van der Waals surface area (Å²) in [5.41, 5.74) is 1.53. The van der Waals surface area contributed by atoms with Crippen LogP contribution in [0, 0.1) is 0 Å². The zero-order chi connectivity index (χ0) is 17.7. The van der Waals surface area contributed by atoms with Crippen molar-refractivity contribution in [2.45, 2.75) is 37.8 Å². The van der Waals surface area contributed by atoms with Crippen LogP contribution in [-0.2, 0) is 17.7 Å². The van der Waals surface area contributed by atoms with Gasteiger partial charge in [0.15, 0.2) is 0 Å². The maximum atomic E-state index is 6.38. The minimum Gasteiger partial charge on any atom is -0.372 e. The Morgan fingerprint density at radius 2 is 1.88 bits per heavy atom. The molecule has 2 aliphatic heterocycles. The first-order valence-electron chi connectivity index (χ1n) is 9.96. The average Bonchev–Trinajstić information content (AvgIpc) is 3.10. The SMILES string of the molecule is c1ccc(CCN2CCC[C@@]3(CC2)CN(Cc2cccs2)CCO3)cc1. The van der Waals surface area contributed by atoms with Crippen molar-refractivity contribution in [3.63, 3.8) is 0 Å². The number of morpholine rings is 1. The number of benzene rings is 1. The van der Waals surface area contributed by atoms with Crippen LogP contribution in [0.15, 0.2) is 47.8 Å². The van der Waals surface area contributed by atoms with Crippen molar-refractivity contribution in [1.29, 1.82) is 0 Å². The second kappa shape index (κ2) is 8.66. The Bertz CT molecular complexity index is 660. The molecule has 2 aromatic rings. The summed E-state index contributed by atoms with van der Waals surface area (Å²) in [6.07, 6.45) is 4.78. The summed E-state index contributed by atoms with van der Waals surface area (Å²) in [7, 11) is 0. The molecule has 0 aliphatic carbocycles. The van der Waals surface area contributed by atoms with Crippen LogP contribution in [0.2, 0.25) is 0 Å². The maximum absolute atomic E-state index is 6.38. The molecule has 0 saturated carbocycles. The lowest BCUT2D eigenvalue weighted by Gasteiger charge is -2.42. The average molecular weight is 371 g/mol. The summed E-state index contributed by atoms with van der Waals surface area (Å²) in [5.74, 6) is 0. The molecule has 1 spiro atoms. The fraction of sp³-hybridized carbons (Fsp3) is 0.545. The Morgan fingerprint density at radius 1 is 0.962 bits per heavy atom. The first-order chi connectivity index (χ1) is 12.8. The first-order valence-corrected chi connectivity index (χ1v) is 10.8. The molecule has 4 rings (SSSR count). The lowest BCUT2D eigenvalue weighted by atomic mass is 9.92. The summed E-state index contributed by atoms with van der Waals surface area (Å²) in [5, 5.41) is 2.18. The topological polar surface area (TPSA) is 15.7 Å². The molecule has 1 aromatic carbocycles. The molecule has 3 nitrogen and oxygen atoms in total. The Balaban J connectivity index is 1.30. The standard InChI is InChI=1S/C22H30N2OS/c1-2-6-20(7-3-1)9-13-23-12-5-10-22(11-14-23)19-24(15-16-25-22)18-21-8-4-17-26-21/h1-4,6-8,17H,5,9-16,18-19H2/t22-/m1/s1. The molecule has 26 heavy (non-hydrogen) atoms. The summed E-state index contributed by atoms with van der Waals surface area (Å²) in [6.45, 7) is 7.67. The van der Waals surface area contributed by atoms with E-state index in [-0.39, 0.29) is 5.60 Å². The van der Waals surface area contributed by atoms with Gasteiger partial charge in [-0.05, 0) is 49.2 Å². The van der Waals surface area contributed by atoms with Crippen molar-refractivity contribution in [3.05, 3.63) is 58.3 Å². The van der Waals surface area contributed by atoms with Crippen LogP contribution in [0.1, 0.15) is 29.7 Å². The van der Waals surface area contributed by atoms with Crippen molar-refractivity contribution in [2.24, 2.45) is 0 Å². The molecule has 1 aromatic heterocycles. The lowest BCUT2D eigenvalue weighted by molar-refractivity contribution is -0.118. The van der Waals surface area contributed by atoms with Gasteiger partial charge in [0.25, 0.3) is 0 Å². The maximum Gasteiger partial charge on any atom is 0.0822 e. The quantitative estimate of drug-likeness (QED) is 0.790. The van der Waals surface area contributed by atoms with Crippen LogP contribution in [-0.4, -0.2) is 54.7 Å². The van der Waals surface area contributed by atoms with E-state index in [1.807, 2.05) is 11.3 Å².